The molecule has 0 saturated heterocycles. The van der Waals surface area contributed by atoms with Crippen LogP contribution in [0.3, 0.4) is 0 Å². The van der Waals surface area contributed by atoms with Gasteiger partial charge in [-0.05, 0) is 44.4 Å². The number of aromatic nitrogens is 3. The van der Waals surface area contributed by atoms with Crippen molar-refractivity contribution < 1.29 is 0 Å². The number of nitrogens with zero attached hydrogens (tertiary/aromatic N) is 4. The van der Waals surface area contributed by atoms with Gasteiger partial charge in [-0.25, -0.2) is 9.98 Å². The van der Waals surface area contributed by atoms with Crippen LogP contribution in [-0.4, -0.2) is 14.1 Å². The Balaban J connectivity index is 1.71. The van der Waals surface area contributed by atoms with Crippen molar-refractivity contribution in [2.75, 3.05) is 0 Å². The van der Waals surface area contributed by atoms with E-state index in [0.29, 0.717) is 0 Å². The summed E-state index contributed by atoms with van der Waals surface area (Å²) in [6, 6.07) is 15.2. The van der Waals surface area contributed by atoms with Crippen LogP contribution in [0.25, 0.3) is 11.3 Å². The lowest BCUT2D eigenvalue weighted by Crippen LogP contribution is -2.17. The number of rotatable bonds is 6. The molecule has 0 bridgehead atoms. The van der Waals surface area contributed by atoms with Crippen LogP contribution in [0, 0.1) is 20.8 Å². The fraction of sp³-hybridized carbons (Fsp3) is 0.250. The van der Waals surface area contributed by atoms with E-state index in [-0.39, 0.29) is 0 Å². The SMILES string of the molecule is Cc1ccc(-c2csc(=Nc3ccc(C)cc3C)n2CCCn2ccnc2)cc1. The highest BCUT2D eigenvalue weighted by atomic mass is 32.1. The zero-order chi connectivity index (χ0) is 20.2. The van der Waals surface area contributed by atoms with Crippen molar-refractivity contribution in [3.8, 4) is 11.3 Å². The molecule has 0 fully saturated rings. The average molecular weight is 403 g/mol. The highest BCUT2D eigenvalue weighted by molar-refractivity contribution is 7.07. The Morgan fingerprint density at radius 1 is 0.966 bits per heavy atom. The predicted molar refractivity (Wildman–Crippen MR) is 120 cm³/mol. The summed E-state index contributed by atoms with van der Waals surface area (Å²) in [4.78, 5) is 10.2. The number of thiazole rings is 1. The molecule has 2 aromatic heterocycles. The van der Waals surface area contributed by atoms with E-state index in [9.17, 15) is 0 Å². The van der Waals surface area contributed by atoms with Gasteiger partial charge in [0.25, 0.3) is 0 Å². The Labute approximate surface area is 175 Å². The normalized spacial score (nSPS) is 11.9. The number of benzene rings is 2. The Hall–Kier alpha value is -2.92. The van der Waals surface area contributed by atoms with Crippen LogP contribution >= 0.6 is 11.3 Å². The molecule has 2 heterocycles. The zero-order valence-corrected chi connectivity index (χ0v) is 18.0. The van der Waals surface area contributed by atoms with E-state index in [0.717, 1.165) is 30.0 Å². The third-order valence-corrected chi connectivity index (χ3v) is 5.93. The van der Waals surface area contributed by atoms with E-state index < -0.39 is 0 Å². The van der Waals surface area contributed by atoms with E-state index in [4.69, 9.17) is 4.99 Å². The van der Waals surface area contributed by atoms with Crippen molar-refractivity contribution in [3.05, 3.63) is 88.1 Å². The summed E-state index contributed by atoms with van der Waals surface area (Å²) in [6.07, 6.45) is 6.74. The summed E-state index contributed by atoms with van der Waals surface area (Å²) in [6.45, 7) is 8.22. The molecular weight excluding hydrogens is 376 g/mol. The van der Waals surface area contributed by atoms with Gasteiger partial charge in [0.15, 0.2) is 4.80 Å². The number of aryl methyl sites for hydroxylation is 4. The smallest absolute Gasteiger partial charge is 0.190 e. The third kappa shape index (κ3) is 4.57. The van der Waals surface area contributed by atoms with E-state index in [1.165, 1.54) is 27.9 Å². The number of hydrogen-bond donors (Lipinski definition) is 0. The van der Waals surface area contributed by atoms with Gasteiger partial charge in [0.05, 0.1) is 17.7 Å². The molecule has 0 spiro atoms. The molecule has 4 nitrogen and oxygen atoms in total. The van der Waals surface area contributed by atoms with Gasteiger partial charge in [-0.2, -0.15) is 0 Å². The summed E-state index contributed by atoms with van der Waals surface area (Å²) in [7, 11) is 0. The van der Waals surface area contributed by atoms with Crippen molar-refractivity contribution in [1.82, 2.24) is 14.1 Å². The van der Waals surface area contributed by atoms with Gasteiger partial charge in [-0.15, -0.1) is 11.3 Å². The highest BCUT2D eigenvalue weighted by Crippen LogP contribution is 2.23. The van der Waals surface area contributed by atoms with Crippen molar-refractivity contribution in [1.29, 1.82) is 0 Å². The van der Waals surface area contributed by atoms with E-state index in [1.807, 2.05) is 18.7 Å². The molecule has 0 saturated carbocycles. The Bertz CT molecular complexity index is 1150. The summed E-state index contributed by atoms with van der Waals surface area (Å²) in [5, 5.41) is 2.23. The molecule has 5 heteroatoms. The van der Waals surface area contributed by atoms with E-state index in [1.54, 1.807) is 11.3 Å². The lowest BCUT2D eigenvalue weighted by Gasteiger charge is -2.10. The van der Waals surface area contributed by atoms with Gasteiger partial charge >= 0.3 is 0 Å². The second-order valence-electron chi connectivity index (χ2n) is 7.48. The molecule has 4 aromatic rings. The second kappa shape index (κ2) is 8.62. The standard InChI is InChI=1S/C24H26N4S/c1-18-5-8-21(9-6-18)23-16-29-24(26-22-10-7-19(2)15-20(22)3)28(23)13-4-12-27-14-11-25-17-27/h5-11,14-17H,4,12-13H2,1-3H3. The first-order chi connectivity index (χ1) is 14.1. The molecule has 0 radical (unpaired) electrons. The largest absolute Gasteiger partial charge is 0.337 e. The Morgan fingerprint density at radius 3 is 2.48 bits per heavy atom. The summed E-state index contributed by atoms with van der Waals surface area (Å²) in [5.41, 5.74) is 7.24. The molecule has 0 N–H and O–H groups in total. The average Bonchev–Trinajstić information content (AvgIpc) is 3.35. The molecule has 2 aromatic carbocycles. The van der Waals surface area contributed by atoms with Crippen molar-refractivity contribution in [2.45, 2.75) is 40.3 Å². The minimum absolute atomic E-state index is 0.911. The zero-order valence-electron chi connectivity index (χ0n) is 17.2. The molecule has 0 aliphatic carbocycles. The molecular formula is C24H26N4S. The highest BCUT2D eigenvalue weighted by Gasteiger charge is 2.09. The quantitative estimate of drug-likeness (QED) is 0.410. The summed E-state index contributed by atoms with van der Waals surface area (Å²) in [5.74, 6) is 0. The number of imidazole rings is 1. The third-order valence-electron chi connectivity index (χ3n) is 5.07. The summed E-state index contributed by atoms with van der Waals surface area (Å²) >= 11 is 1.71. The van der Waals surface area contributed by atoms with Crippen LogP contribution in [0.1, 0.15) is 23.1 Å². The molecule has 29 heavy (non-hydrogen) atoms. The minimum atomic E-state index is 0.911. The molecule has 0 atom stereocenters. The fourth-order valence-corrected chi connectivity index (χ4v) is 4.40. The number of hydrogen-bond acceptors (Lipinski definition) is 3. The molecule has 4 rings (SSSR count). The molecule has 0 aliphatic rings. The molecule has 0 amide bonds. The van der Waals surface area contributed by atoms with Gasteiger partial charge in [0.2, 0.25) is 0 Å². The maximum Gasteiger partial charge on any atom is 0.190 e. The monoisotopic (exact) mass is 402 g/mol. The van der Waals surface area contributed by atoms with Gasteiger partial charge in [0, 0.05) is 30.9 Å². The summed E-state index contributed by atoms with van der Waals surface area (Å²) < 4.78 is 4.48. The van der Waals surface area contributed by atoms with Gasteiger partial charge in [-0.3, -0.25) is 0 Å². The van der Waals surface area contributed by atoms with Crippen LogP contribution in [0.4, 0.5) is 5.69 Å². The van der Waals surface area contributed by atoms with Crippen LogP contribution in [0.2, 0.25) is 0 Å². The van der Waals surface area contributed by atoms with Crippen LogP contribution in [0.5, 0.6) is 0 Å². The van der Waals surface area contributed by atoms with E-state index in [2.05, 4.69) is 82.7 Å². The van der Waals surface area contributed by atoms with Crippen LogP contribution in [0.15, 0.2) is 71.6 Å². The second-order valence-corrected chi connectivity index (χ2v) is 8.31. The molecule has 0 aliphatic heterocycles. The fourth-order valence-electron chi connectivity index (χ4n) is 3.45. The topological polar surface area (TPSA) is 35.1 Å². The van der Waals surface area contributed by atoms with Crippen LogP contribution in [-0.2, 0) is 13.1 Å². The first kappa shape index (κ1) is 19.4. The van der Waals surface area contributed by atoms with Crippen LogP contribution < -0.4 is 4.80 Å². The minimum Gasteiger partial charge on any atom is -0.337 e. The first-order valence-electron chi connectivity index (χ1n) is 9.93. The Morgan fingerprint density at radius 2 is 1.76 bits per heavy atom. The van der Waals surface area contributed by atoms with Crippen molar-refractivity contribution >= 4 is 17.0 Å². The van der Waals surface area contributed by atoms with Crippen molar-refractivity contribution in [2.24, 2.45) is 4.99 Å². The predicted octanol–water partition coefficient (Wildman–Crippen LogP) is 5.66. The molecule has 148 valence electrons. The van der Waals surface area contributed by atoms with Gasteiger partial charge < -0.3 is 9.13 Å². The maximum atomic E-state index is 5.02. The maximum absolute atomic E-state index is 5.02. The van der Waals surface area contributed by atoms with E-state index >= 15 is 0 Å². The Kier molecular flexibility index (Phi) is 5.76. The molecule has 0 unspecified atom stereocenters. The first-order valence-corrected chi connectivity index (χ1v) is 10.8. The lowest BCUT2D eigenvalue weighted by atomic mass is 10.1. The van der Waals surface area contributed by atoms with Gasteiger partial charge in [0.1, 0.15) is 0 Å². The van der Waals surface area contributed by atoms with Crippen molar-refractivity contribution in [3.63, 3.8) is 0 Å². The van der Waals surface area contributed by atoms with Gasteiger partial charge in [-0.1, -0.05) is 47.5 Å². The lowest BCUT2D eigenvalue weighted by molar-refractivity contribution is 0.559.